The molecule has 0 aromatic heterocycles. The van der Waals surface area contributed by atoms with Crippen LogP contribution < -0.4 is 0 Å². The highest BCUT2D eigenvalue weighted by molar-refractivity contribution is 7.91. The van der Waals surface area contributed by atoms with E-state index in [0.717, 1.165) is 26.1 Å². The van der Waals surface area contributed by atoms with Crippen molar-refractivity contribution in [1.29, 1.82) is 0 Å². The summed E-state index contributed by atoms with van der Waals surface area (Å²) in [4.78, 5) is 15.2. The number of hydrogen-bond acceptors (Lipinski definition) is 5. The van der Waals surface area contributed by atoms with Gasteiger partial charge in [0.1, 0.15) is 0 Å². The first kappa shape index (κ1) is 17.4. The molecule has 2 heterocycles. The zero-order valence-corrected chi connectivity index (χ0v) is 14.5. The van der Waals surface area contributed by atoms with Crippen LogP contribution in [-0.2, 0) is 21.1 Å². The van der Waals surface area contributed by atoms with Gasteiger partial charge in [-0.3, -0.25) is 14.6 Å². The molecule has 2 aliphatic rings. The first-order valence-electron chi connectivity index (χ1n) is 8.39. The van der Waals surface area contributed by atoms with Gasteiger partial charge in [0.25, 0.3) is 0 Å². The van der Waals surface area contributed by atoms with Crippen LogP contribution >= 0.6 is 0 Å². The molecule has 7 heteroatoms. The maximum absolute atomic E-state index is 12.1. The van der Waals surface area contributed by atoms with Gasteiger partial charge in [0.15, 0.2) is 9.84 Å². The van der Waals surface area contributed by atoms with Crippen LogP contribution in [0.4, 0.5) is 0 Å². The Morgan fingerprint density at radius 3 is 2.21 bits per heavy atom. The molecule has 0 spiro atoms. The van der Waals surface area contributed by atoms with E-state index < -0.39 is 15.8 Å². The summed E-state index contributed by atoms with van der Waals surface area (Å²) in [6.07, 6.45) is 0.965. The zero-order chi connectivity index (χ0) is 17.2. The number of nitrogens with zero attached hydrogens (tertiary/aromatic N) is 2. The minimum absolute atomic E-state index is 0.0127. The summed E-state index contributed by atoms with van der Waals surface area (Å²) in [5, 5.41) is 8.89. The number of sulfone groups is 1. The van der Waals surface area contributed by atoms with E-state index in [1.54, 1.807) is 0 Å². The summed E-state index contributed by atoms with van der Waals surface area (Å²) in [5.74, 6) is -0.492. The van der Waals surface area contributed by atoms with Gasteiger partial charge in [0, 0.05) is 38.3 Å². The van der Waals surface area contributed by atoms with Gasteiger partial charge in [-0.05, 0) is 12.0 Å². The van der Waals surface area contributed by atoms with E-state index in [-0.39, 0.29) is 30.0 Å². The number of carbonyl (C=O) groups is 1. The molecule has 132 valence electrons. The lowest BCUT2D eigenvalue weighted by Gasteiger charge is -2.43. The van der Waals surface area contributed by atoms with E-state index in [4.69, 9.17) is 5.11 Å². The molecule has 2 fully saturated rings. The zero-order valence-electron chi connectivity index (χ0n) is 13.7. The first-order chi connectivity index (χ1) is 11.4. The van der Waals surface area contributed by atoms with Gasteiger partial charge in [-0.15, -0.1) is 0 Å². The summed E-state index contributed by atoms with van der Waals surface area (Å²) in [6.45, 7) is 2.80. The van der Waals surface area contributed by atoms with Gasteiger partial charge in [0.2, 0.25) is 0 Å². The van der Waals surface area contributed by atoms with Gasteiger partial charge < -0.3 is 5.11 Å². The fourth-order valence-electron chi connectivity index (χ4n) is 3.81. The number of aliphatic carboxylic acids is 1. The fraction of sp³-hybridized carbons (Fsp3) is 0.588. The van der Waals surface area contributed by atoms with Crippen molar-refractivity contribution >= 4 is 15.8 Å². The third-order valence-corrected chi connectivity index (χ3v) is 6.75. The number of piperazine rings is 1. The number of rotatable bonds is 6. The Morgan fingerprint density at radius 2 is 1.62 bits per heavy atom. The molecule has 2 atom stereocenters. The molecule has 0 radical (unpaired) electrons. The highest BCUT2D eigenvalue weighted by Crippen LogP contribution is 2.27. The van der Waals surface area contributed by atoms with Crippen molar-refractivity contribution in [2.45, 2.75) is 24.9 Å². The van der Waals surface area contributed by atoms with Gasteiger partial charge >= 0.3 is 5.97 Å². The second kappa shape index (κ2) is 7.21. The molecule has 6 nitrogen and oxygen atoms in total. The van der Waals surface area contributed by atoms with Crippen LogP contribution in [0.3, 0.4) is 0 Å². The third-order valence-electron chi connectivity index (χ3n) is 5.05. The Kier molecular flexibility index (Phi) is 5.22. The molecule has 0 bridgehead atoms. The molecule has 2 saturated heterocycles. The minimum atomic E-state index is -3.05. The van der Waals surface area contributed by atoms with Crippen LogP contribution in [0.2, 0.25) is 0 Å². The van der Waals surface area contributed by atoms with E-state index in [0.29, 0.717) is 6.54 Å². The predicted molar refractivity (Wildman–Crippen MR) is 91.8 cm³/mol. The fourth-order valence-corrected chi connectivity index (χ4v) is 5.85. The number of carboxylic acid groups (broad SMARTS) is 1. The molecule has 0 amide bonds. The van der Waals surface area contributed by atoms with E-state index in [2.05, 4.69) is 21.9 Å². The molecule has 0 saturated carbocycles. The Hall–Kier alpha value is -1.44. The Bertz CT molecular complexity index is 677. The van der Waals surface area contributed by atoms with Crippen LogP contribution in [0.25, 0.3) is 0 Å². The second-order valence-electron chi connectivity index (χ2n) is 6.66. The number of fused-ring (bicyclic) bond motifs is 1. The highest BCUT2D eigenvalue weighted by atomic mass is 32.2. The SMILES string of the molecule is O=C(O)CCN1CCN(CCc2ccccc2)[C@H]2CS(=O)(=O)C[C@H]21. The van der Waals surface area contributed by atoms with Crippen molar-refractivity contribution in [3.63, 3.8) is 0 Å². The standard InChI is InChI=1S/C17H24N2O4S/c20-17(21)7-9-19-11-10-18(8-6-14-4-2-1-3-5-14)15-12-24(22,23)13-16(15)19/h1-5,15-16H,6-13H2,(H,20,21)/t15-,16+/m0/s1. The van der Waals surface area contributed by atoms with Crippen molar-refractivity contribution < 1.29 is 18.3 Å². The van der Waals surface area contributed by atoms with Crippen molar-refractivity contribution in [2.24, 2.45) is 0 Å². The number of hydrogen-bond donors (Lipinski definition) is 1. The summed E-state index contributed by atoms with van der Waals surface area (Å²) in [6, 6.07) is 10.1. The largest absolute Gasteiger partial charge is 0.481 e. The van der Waals surface area contributed by atoms with E-state index >= 15 is 0 Å². The third kappa shape index (κ3) is 4.15. The van der Waals surface area contributed by atoms with E-state index in [9.17, 15) is 13.2 Å². The normalized spacial score (nSPS) is 27.0. The quantitative estimate of drug-likeness (QED) is 0.803. The van der Waals surface area contributed by atoms with Crippen LogP contribution in [-0.4, -0.2) is 79.1 Å². The first-order valence-corrected chi connectivity index (χ1v) is 10.2. The van der Waals surface area contributed by atoms with Gasteiger partial charge in [0.05, 0.1) is 17.9 Å². The van der Waals surface area contributed by atoms with Crippen molar-refractivity contribution in [3.8, 4) is 0 Å². The Labute approximate surface area is 143 Å². The van der Waals surface area contributed by atoms with Crippen LogP contribution in [0.5, 0.6) is 0 Å². The average molecular weight is 352 g/mol. The molecule has 0 aliphatic carbocycles. The molecular weight excluding hydrogens is 328 g/mol. The van der Waals surface area contributed by atoms with Crippen molar-refractivity contribution in [2.75, 3.05) is 37.7 Å². The molecule has 1 aromatic rings. The van der Waals surface area contributed by atoms with Crippen molar-refractivity contribution in [1.82, 2.24) is 9.80 Å². The van der Waals surface area contributed by atoms with Gasteiger partial charge in [-0.2, -0.15) is 0 Å². The Morgan fingerprint density at radius 1 is 1.04 bits per heavy atom. The summed E-state index contributed by atoms with van der Waals surface area (Å²) in [7, 11) is -3.05. The van der Waals surface area contributed by atoms with E-state index in [1.165, 1.54) is 5.56 Å². The van der Waals surface area contributed by atoms with Gasteiger partial charge in [-0.1, -0.05) is 30.3 Å². The average Bonchev–Trinajstić information content (AvgIpc) is 2.87. The summed E-state index contributed by atoms with van der Waals surface area (Å²) >= 11 is 0. The molecule has 1 aromatic carbocycles. The summed E-state index contributed by atoms with van der Waals surface area (Å²) < 4.78 is 24.3. The minimum Gasteiger partial charge on any atom is -0.481 e. The van der Waals surface area contributed by atoms with Crippen LogP contribution in [0.1, 0.15) is 12.0 Å². The molecular formula is C17H24N2O4S. The Balaban J connectivity index is 1.66. The topological polar surface area (TPSA) is 77.9 Å². The maximum atomic E-state index is 12.1. The van der Waals surface area contributed by atoms with Gasteiger partial charge in [-0.25, -0.2) is 8.42 Å². The number of benzene rings is 1. The lowest BCUT2D eigenvalue weighted by atomic mass is 10.0. The lowest BCUT2D eigenvalue weighted by molar-refractivity contribution is -0.137. The second-order valence-corrected chi connectivity index (χ2v) is 8.82. The summed E-state index contributed by atoms with van der Waals surface area (Å²) in [5.41, 5.74) is 1.25. The number of carboxylic acids is 1. The van der Waals surface area contributed by atoms with Crippen LogP contribution in [0.15, 0.2) is 30.3 Å². The molecule has 2 aliphatic heterocycles. The predicted octanol–water partition coefficient (Wildman–Crippen LogP) is 0.487. The molecule has 24 heavy (non-hydrogen) atoms. The monoisotopic (exact) mass is 352 g/mol. The molecule has 0 unspecified atom stereocenters. The highest BCUT2D eigenvalue weighted by Gasteiger charge is 2.46. The van der Waals surface area contributed by atoms with Crippen molar-refractivity contribution in [3.05, 3.63) is 35.9 Å². The molecule has 3 rings (SSSR count). The maximum Gasteiger partial charge on any atom is 0.304 e. The van der Waals surface area contributed by atoms with Crippen LogP contribution in [0, 0.1) is 0 Å². The smallest absolute Gasteiger partial charge is 0.304 e. The lowest BCUT2D eigenvalue weighted by Crippen LogP contribution is -2.59. The molecule has 1 N–H and O–H groups in total. The van der Waals surface area contributed by atoms with E-state index in [1.807, 2.05) is 18.2 Å².